The van der Waals surface area contributed by atoms with Crippen LogP contribution in [0.4, 0.5) is 4.39 Å². The van der Waals surface area contributed by atoms with Crippen LogP contribution in [0.1, 0.15) is 10.5 Å². The number of aromatic nitrogens is 1. The number of H-pyrrole nitrogens is 1. The van der Waals surface area contributed by atoms with E-state index in [1.165, 1.54) is 30.0 Å². The van der Waals surface area contributed by atoms with Crippen LogP contribution < -0.4 is 0 Å². The molecule has 0 unspecified atom stereocenters. The molecule has 0 aliphatic rings. The molecule has 0 amide bonds. The van der Waals surface area contributed by atoms with Crippen molar-refractivity contribution in [1.29, 1.82) is 0 Å². The maximum Gasteiger partial charge on any atom is 0.352 e. The van der Waals surface area contributed by atoms with Crippen LogP contribution in [0.3, 0.4) is 0 Å². The van der Waals surface area contributed by atoms with Crippen LogP contribution in [0, 0.1) is 5.82 Å². The highest BCUT2D eigenvalue weighted by molar-refractivity contribution is 7.99. The average molecular weight is 237 g/mol. The highest BCUT2D eigenvalue weighted by Gasteiger charge is 2.06. The number of benzene rings is 1. The molecule has 2 aromatic rings. The zero-order valence-electron chi connectivity index (χ0n) is 8.11. The van der Waals surface area contributed by atoms with Gasteiger partial charge in [0.25, 0.3) is 0 Å². The first-order chi connectivity index (χ1) is 7.65. The minimum Gasteiger partial charge on any atom is -0.477 e. The number of carbonyl (C=O) groups is 1. The first-order valence-electron chi connectivity index (χ1n) is 4.51. The van der Waals surface area contributed by atoms with E-state index in [1.54, 1.807) is 18.2 Å². The Bertz CT molecular complexity index is 507. The zero-order chi connectivity index (χ0) is 11.5. The van der Waals surface area contributed by atoms with Crippen molar-refractivity contribution >= 4 is 17.7 Å². The van der Waals surface area contributed by atoms with Gasteiger partial charge >= 0.3 is 5.97 Å². The van der Waals surface area contributed by atoms with Gasteiger partial charge in [-0.3, -0.25) is 0 Å². The summed E-state index contributed by atoms with van der Waals surface area (Å²) in [4.78, 5) is 14.2. The molecule has 1 heterocycles. The number of carboxylic acid groups (broad SMARTS) is 1. The number of carboxylic acids is 1. The van der Waals surface area contributed by atoms with Crippen molar-refractivity contribution in [2.45, 2.75) is 9.92 Å². The summed E-state index contributed by atoms with van der Waals surface area (Å²) in [5.41, 5.74) is 0.143. The van der Waals surface area contributed by atoms with Crippen LogP contribution in [0.15, 0.2) is 46.3 Å². The highest BCUT2D eigenvalue weighted by Crippen LogP contribution is 2.26. The summed E-state index contributed by atoms with van der Waals surface area (Å²) in [6, 6.07) is 9.18. The lowest BCUT2D eigenvalue weighted by Crippen LogP contribution is -1.95. The molecule has 0 radical (unpaired) electrons. The van der Waals surface area contributed by atoms with E-state index in [0.717, 1.165) is 4.90 Å². The Morgan fingerprint density at radius 2 is 1.88 bits per heavy atom. The molecule has 1 aromatic carbocycles. The Balaban J connectivity index is 2.14. The van der Waals surface area contributed by atoms with Gasteiger partial charge in [-0.15, -0.1) is 0 Å². The molecule has 16 heavy (non-hydrogen) atoms. The van der Waals surface area contributed by atoms with Crippen molar-refractivity contribution in [3.63, 3.8) is 0 Å². The molecule has 2 rings (SSSR count). The maximum absolute atomic E-state index is 12.6. The SMILES string of the molecule is O=C(O)c1ccc(Sc2ccc(F)cc2)[nH]1. The quantitative estimate of drug-likeness (QED) is 0.862. The number of halogens is 1. The Morgan fingerprint density at radius 1 is 1.19 bits per heavy atom. The van der Waals surface area contributed by atoms with Crippen LogP contribution in [-0.2, 0) is 0 Å². The topological polar surface area (TPSA) is 53.1 Å². The lowest BCUT2D eigenvalue weighted by Gasteiger charge is -1.98. The number of rotatable bonds is 3. The van der Waals surface area contributed by atoms with Gasteiger partial charge in [-0.1, -0.05) is 11.8 Å². The molecule has 0 aliphatic carbocycles. The van der Waals surface area contributed by atoms with Crippen LogP contribution in [0.2, 0.25) is 0 Å². The van der Waals surface area contributed by atoms with Crippen LogP contribution >= 0.6 is 11.8 Å². The fourth-order valence-electron chi connectivity index (χ4n) is 1.19. The molecule has 0 aliphatic heterocycles. The molecule has 0 spiro atoms. The lowest BCUT2D eigenvalue weighted by atomic mass is 10.4. The molecule has 5 heteroatoms. The van der Waals surface area contributed by atoms with Crippen LogP contribution in [-0.4, -0.2) is 16.1 Å². The number of hydrogen-bond donors (Lipinski definition) is 2. The summed E-state index contributed by atoms with van der Waals surface area (Å²) >= 11 is 1.35. The molecule has 1 aromatic heterocycles. The van der Waals surface area contributed by atoms with Gasteiger partial charge in [0.15, 0.2) is 0 Å². The Kier molecular flexibility index (Phi) is 2.96. The van der Waals surface area contributed by atoms with Crippen LogP contribution in [0.5, 0.6) is 0 Å². The summed E-state index contributed by atoms with van der Waals surface area (Å²) in [5.74, 6) is -1.28. The minimum absolute atomic E-state index is 0.143. The molecule has 0 fully saturated rings. The molecule has 3 nitrogen and oxygen atoms in total. The summed E-state index contributed by atoms with van der Waals surface area (Å²) in [5, 5.41) is 9.42. The molecule has 0 saturated heterocycles. The summed E-state index contributed by atoms with van der Waals surface area (Å²) < 4.78 is 12.6. The second kappa shape index (κ2) is 4.40. The van der Waals surface area contributed by atoms with Gasteiger partial charge in [0.1, 0.15) is 11.5 Å². The van der Waals surface area contributed by atoms with E-state index in [-0.39, 0.29) is 11.5 Å². The van der Waals surface area contributed by atoms with Crippen molar-refractivity contribution in [3.8, 4) is 0 Å². The molecule has 0 saturated carbocycles. The first-order valence-corrected chi connectivity index (χ1v) is 5.32. The first kappa shape index (κ1) is 10.8. The number of aromatic amines is 1. The van der Waals surface area contributed by atoms with Gasteiger partial charge in [-0.05, 0) is 36.4 Å². The summed E-state index contributed by atoms with van der Waals surface area (Å²) in [7, 11) is 0. The van der Waals surface area contributed by atoms with Gasteiger partial charge < -0.3 is 10.1 Å². The van der Waals surface area contributed by atoms with Gasteiger partial charge in [-0.25, -0.2) is 9.18 Å². The molecule has 2 N–H and O–H groups in total. The second-order valence-corrected chi connectivity index (χ2v) is 4.21. The van der Waals surface area contributed by atoms with E-state index in [4.69, 9.17) is 5.11 Å². The Hall–Kier alpha value is -1.75. The molecule has 0 bridgehead atoms. The van der Waals surface area contributed by atoms with E-state index < -0.39 is 5.97 Å². The van der Waals surface area contributed by atoms with E-state index in [9.17, 15) is 9.18 Å². The van der Waals surface area contributed by atoms with Crippen molar-refractivity contribution in [2.24, 2.45) is 0 Å². The van der Waals surface area contributed by atoms with E-state index in [2.05, 4.69) is 4.98 Å². The Morgan fingerprint density at radius 3 is 2.44 bits per heavy atom. The van der Waals surface area contributed by atoms with Crippen molar-refractivity contribution < 1.29 is 14.3 Å². The lowest BCUT2D eigenvalue weighted by molar-refractivity contribution is 0.0691. The molecular formula is C11H8FNO2S. The number of hydrogen-bond acceptors (Lipinski definition) is 2. The fourth-order valence-corrected chi connectivity index (χ4v) is 2.01. The smallest absolute Gasteiger partial charge is 0.352 e. The van der Waals surface area contributed by atoms with Crippen molar-refractivity contribution in [1.82, 2.24) is 4.98 Å². The third-order valence-corrected chi connectivity index (χ3v) is 2.90. The van der Waals surface area contributed by atoms with E-state index >= 15 is 0 Å². The third-order valence-electron chi connectivity index (χ3n) is 1.93. The standard InChI is InChI=1S/C11H8FNO2S/c12-7-1-3-8(4-2-7)16-10-6-5-9(13-10)11(14)15/h1-6,13H,(H,14,15). The third kappa shape index (κ3) is 2.43. The molecule has 82 valence electrons. The predicted molar refractivity (Wildman–Crippen MR) is 58.3 cm³/mol. The largest absolute Gasteiger partial charge is 0.477 e. The Labute approximate surface area is 95.3 Å². The van der Waals surface area contributed by atoms with Crippen LogP contribution in [0.25, 0.3) is 0 Å². The van der Waals surface area contributed by atoms with Gasteiger partial charge in [0.05, 0.1) is 5.03 Å². The van der Waals surface area contributed by atoms with E-state index in [0.29, 0.717) is 5.03 Å². The zero-order valence-corrected chi connectivity index (χ0v) is 8.92. The fraction of sp³-hybridized carbons (Fsp3) is 0. The monoisotopic (exact) mass is 237 g/mol. The second-order valence-electron chi connectivity index (χ2n) is 3.10. The number of nitrogens with one attached hydrogen (secondary N) is 1. The van der Waals surface area contributed by atoms with Gasteiger partial charge in [0, 0.05) is 4.90 Å². The van der Waals surface area contributed by atoms with Gasteiger partial charge in [-0.2, -0.15) is 0 Å². The minimum atomic E-state index is -0.994. The predicted octanol–water partition coefficient (Wildman–Crippen LogP) is 3.00. The normalized spacial score (nSPS) is 10.3. The summed E-state index contributed by atoms with van der Waals surface area (Å²) in [6.45, 7) is 0. The van der Waals surface area contributed by atoms with Crippen molar-refractivity contribution in [3.05, 3.63) is 47.9 Å². The summed E-state index contributed by atoms with van der Waals surface area (Å²) in [6.07, 6.45) is 0. The van der Waals surface area contributed by atoms with E-state index in [1.807, 2.05) is 0 Å². The van der Waals surface area contributed by atoms with Crippen molar-refractivity contribution in [2.75, 3.05) is 0 Å². The molecular weight excluding hydrogens is 229 g/mol. The number of aromatic carboxylic acids is 1. The maximum atomic E-state index is 12.6. The molecule has 0 atom stereocenters. The van der Waals surface area contributed by atoms with Gasteiger partial charge in [0.2, 0.25) is 0 Å². The average Bonchev–Trinajstić information content (AvgIpc) is 2.70. The highest BCUT2D eigenvalue weighted by atomic mass is 32.2.